The third-order valence-electron chi connectivity index (χ3n) is 2.36. The van der Waals surface area contributed by atoms with Crippen LogP contribution in [0.4, 0.5) is 0 Å². The van der Waals surface area contributed by atoms with Crippen LogP contribution in [0.2, 0.25) is 10.0 Å². The second kappa shape index (κ2) is 3.56. The Hall–Kier alpha value is -0.420. The summed E-state index contributed by atoms with van der Waals surface area (Å²) in [6.45, 7) is 1.85. The van der Waals surface area contributed by atoms with E-state index in [2.05, 4.69) is 14.3 Å². The molecule has 2 heterocycles. The summed E-state index contributed by atoms with van der Waals surface area (Å²) >= 11 is 13.5. The molecule has 0 fully saturated rings. The molecule has 0 amide bonds. The molecule has 0 spiro atoms. The average molecular weight is 260 g/mol. The van der Waals surface area contributed by atoms with E-state index in [1.807, 2.05) is 12.1 Å². The molecule has 15 heavy (non-hydrogen) atoms. The maximum absolute atomic E-state index is 5.99. The lowest BCUT2D eigenvalue weighted by atomic mass is 10.3. The second-order valence-corrected chi connectivity index (χ2v) is 4.97. The third-order valence-corrected chi connectivity index (χ3v) is 3.92. The first-order valence-corrected chi connectivity index (χ1v) is 6.08. The summed E-state index contributed by atoms with van der Waals surface area (Å²) < 4.78 is 5.35. The van der Waals surface area contributed by atoms with Crippen molar-refractivity contribution in [3.63, 3.8) is 0 Å². The van der Waals surface area contributed by atoms with Crippen LogP contribution in [0.3, 0.4) is 0 Å². The molecular weight excluding hydrogens is 253 g/mol. The van der Waals surface area contributed by atoms with E-state index < -0.39 is 0 Å². The highest BCUT2D eigenvalue weighted by Gasteiger charge is 2.16. The summed E-state index contributed by atoms with van der Waals surface area (Å²) in [5.74, 6) is 0. The number of rotatable bonds is 0. The molecule has 2 aromatic rings. The molecule has 1 aliphatic rings. The van der Waals surface area contributed by atoms with Crippen LogP contribution in [-0.4, -0.2) is 16.1 Å². The van der Waals surface area contributed by atoms with Crippen LogP contribution in [0.1, 0.15) is 0 Å². The second-order valence-electron chi connectivity index (χ2n) is 3.30. The monoisotopic (exact) mass is 259 g/mol. The molecular formula is C9H7Cl2N3S. The fraction of sp³-hybridized carbons (Fsp3) is 0.222. The first-order chi connectivity index (χ1) is 7.25. The summed E-state index contributed by atoms with van der Waals surface area (Å²) in [6.07, 6.45) is 0. The van der Waals surface area contributed by atoms with Crippen LogP contribution < -0.4 is 4.72 Å². The zero-order valence-electron chi connectivity index (χ0n) is 7.63. The lowest BCUT2D eigenvalue weighted by molar-refractivity contribution is 0.622. The lowest BCUT2D eigenvalue weighted by Gasteiger charge is -2.14. The summed E-state index contributed by atoms with van der Waals surface area (Å²) in [5.41, 5.74) is 1.95. The number of benzene rings is 1. The van der Waals surface area contributed by atoms with Crippen molar-refractivity contribution in [3.8, 4) is 0 Å². The maximum Gasteiger partial charge on any atom is 0.184 e. The molecule has 1 aromatic heterocycles. The Labute approximate surface area is 101 Å². The van der Waals surface area contributed by atoms with Gasteiger partial charge in [0.05, 0.1) is 21.1 Å². The molecule has 0 atom stereocenters. The fourth-order valence-corrected chi connectivity index (χ4v) is 2.75. The molecule has 0 bridgehead atoms. The van der Waals surface area contributed by atoms with E-state index in [4.69, 9.17) is 23.2 Å². The highest BCUT2D eigenvalue weighted by Crippen LogP contribution is 2.31. The van der Waals surface area contributed by atoms with Gasteiger partial charge in [-0.25, -0.2) is 4.98 Å². The van der Waals surface area contributed by atoms with Crippen LogP contribution in [0.25, 0.3) is 11.0 Å². The molecule has 1 aliphatic heterocycles. The molecule has 3 rings (SSSR count). The van der Waals surface area contributed by atoms with Gasteiger partial charge >= 0.3 is 0 Å². The van der Waals surface area contributed by atoms with Crippen molar-refractivity contribution in [1.82, 2.24) is 14.3 Å². The predicted molar refractivity (Wildman–Crippen MR) is 63.6 cm³/mol. The number of hydrogen-bond donors (Lipinski definition) is 1. The predicted octanol–water partition coefficient (Wildman–Crippen LogP) is 2.95. The molecule has 0 unspecified atom stereocenters. The Morgan fingerprint density at radius 3 is 3.00 bits per heavy atom. The van der Waals surface area contributed by atoms with E-state index in [9.17, 15) is 0 Å². The Morgan fingerprint density at radius 1 is 1.33 bits per heavy atom. The van der Waals surface area contributed by atoms with Gasteiger partial charge in [0, 0.05) is 13.1 Å². The van der Waals surface area contributed by atoms with E-state index in [0.29, 0.717) is 10.0 Å². The first-order valence-electron chi connectivity index (χ1n) is 4.51. The average Bonchev–Trinajstić information content (AvgIpc) is 2.57. The smallest absolute Gasteiger partial charge is 0.184 e. The number of imidazole rings is 1. The van der Waals surface area contributed by atoms with Gasteiger partial charge in [0.15, 0.2) is 5.16 Å². The minimum atomic E-state index is 0.553. The third kappa shape index (κ3) is 1.52. The van der Waals surface area contributed by atoms with Crippen LogP contribution in [0.5, 0.6) is 0 Å². The quantitative estimate of drug-likeness (QED) is 0.738. The highest BCUT2D eigenvalue weighted by atomic mass is 35.5. The van der Waals surface area contributed by atoms with Crippen molar-refractivity contribution in [1.29, 1.82) is 0 Å². The largest absolute Gasteiger partial charge is 0.317 e. The van der Waals surface area contributed by atoms with Gasteiger partial charge in [0.25, 0.3) is 0 Å². The van der Waals surface area contributed by atoms with E-state index in [1.165, 1.54) is 0 Å². The van der Waals surface area contributed by atoms with Gasteiger partial charge in [0.1, 0.15) is 0 Å². The van der Waals surface area contributed by atoms with Crippen LogP contribution in [0, 0.1) is 0 Å². The van der Waals surface area contributed by atoms with Crippen molar-refractivity contribution >= 4 is 46.2 Å². The van der Waals surface area contributed by atoms with Crippen molar-refractivity contribution in [2.24, 2.45) is 0 Å². The van der Waals surface area contributed by atoms with Crippen molar-refractivity contribution in [2.45, 2.75) is 11.7 Å². The number of nitrogens with one attached hydrogen (secondary N) is 1. The molecule has 0 saturated heterocycles. The van der Waals surface area contributed by atoms with E-state index >= 15 is 0 Å². The number of aromatic nitrogens is 2. The zero-order chi connectivity index (χ0) is 10.4. The van der Waals surface area contributed by atoms with Gasteiger partial charge in [-0.2, -0.15) is 0 Å². The number of halogens is 2. The van der Waals surface area contributed by atoms with Crippen molar-refractivity contribution in [3.05, 3.63) is 22.2 Å². The maximum atomic E-state index is 5.99. The van der Waals surface area contributed by atoms with E-state index in [1.54, 1.807) is 11.9 Å². The summed E-state index contributed by atoms with van der Waals surface area (Å²) in [7, 11) is 0. The van der Waals surface area contributed by atoms with Gasteiger partial charge < -0.3 is 4.57 Å². The van der Waals surface area contributed by atoms with Gasteiger partial charge in [-0.15, -0.1) is 0 Å². The van der Waals surface area contributed by atoms with Crippen LogP contribution in [0.15, 0.2) is 17.3 Å². The molecule has 0 radical (unpaired) electrons. The van der Waals surface area contributed by atoms with Crippen LogP contribution >= 0.6 is 35.1 Å². The van der Waals surface area contributed by atoms with Crippen molar-refractivity contribution in [2.75, 3.05) is 6.54 Å². The Bertz CT molecular complexity index is 538. The Kier molecular flexibility index (Phi) is 2.32. The number of nitrogens with zero attached hydrogens (tertiary/aromatic N) is 2. The standard InChI is InChI=1S/C9H7Cl2N3S/c10-5-3-7-8(4-6(5)11)14-2-1-12-15-9(14)13-7/h3-4,12H,1-2H2. The topological polar surface area (TPSA) is 29.9 Å². The van der Waals surface area contributed by atoms with E-state index in [-0.39, 0.29) is 0 Å². The minimum absolute atomic E-state index is 0.553. The molecule has 1 aromatic carbocycles. The summed E-state index contributed by atoms with van der Waals surface area (Å²) in [4.78, 5) is 4.48. The van der Waals surface area contributed by atoms with Crippen LogP contribution in [-0.2, 0) is 6.54 Å². The lowest BCUT2D eigenvalue weighted by Crippen LogP contribution is -2.20. The van der Waals surface area contributed by atoms with Crippen molar-refractivity contribution < 1.29 is 0 Å². The van der Waals surface area contributed by atoms with Gasteiger partial charge in [-0.1, -0.05) is 23.2 Å². The Balaban J connectivity index is 2.33. The molecule has 1 N–H and O–H groups in total. The molecule has 3 nitrogen and oxygen atoms in total. The minimum Gasteiger partial charge on any atom is -0.317 e. The molecule has 0 saturated carbocycles. The normalized spacial score (nSPS) is 15.6. The van der Waals surface area contributed by atoms with Gasteiger partial charge in [0.2, 0.25) is 0 Å². The fourth-order valence-electron chi connectivity index (χ4n) is 1.67. The van der Waals surface area contributed by atoms with E-state index in [0.717, 1.165) is 29.3 Å². The SMILES string of the molecule is Clc1cc2nc3n(c2cc1Cl)CCNS3. The molecule has 78 valence electrons. The highest BCUT2D eigenvalue weighted by molar-refractivity contribution is 7.97. The molecule has 0 aliphatic carbocycles. The Morgan fingerprint density at radius 2 is 2.13 bits per heavy atom. The zero-order valence-corrected chi connectivity index (χ0v) is 9.96. The number of fused-ring (bicyclic) bond motifs is 3. The van der Waals surface area contributed by atoms with Gasteiger partial charge in [-0.3, -0.25) is 4.72 Å². The summed E-state index contributed by atoms with van der Waals surface area (Å²) in [5, 5.41) is 2.10. The van der Waals surface area contributed by atoms with Gasteiger partial charge in [-0.05, 0) is 24.1 Å². The summed E-state index contributed by atoms with van der Waals surface area (Å²) in [6, 6.07) is 3.69. The number of hydrogen-bond acceptors (Lipinski definition) is 3. The first kappa shape index (κ1) is 9.78. The molecule has 6 heteroatoms.